The Labute approximate surface area is 93.5 Å². The minimum atomic E-state index is -0.125. The summed E-state index contributed by atoms with van der Waals surface area (Å²) in [5.74, 6) is 0. The molecule has 0 aliphatic rings. The number of aliphatic hydroxyl groups is 2. The molecular formula is C10H29NO4. The first-order valence-electron chi connectivity index (χ1n) is 5.23. The third kappa shape index (κ3) is 11.7. The van der Waals surface area contributed by atoms with E-state index in [2.05, 4.69) is 27.7 Å². The average molecular weight is 227 g/mol. The van der Waals surface area contributed by atoms with Gasteiger partial charge in [0.2, 0.25) is 0 Å². The molecule has 0 unspecified atom stereocenters. The first kappa shape index (κ1) is 24.2. The molecule has 0 radical (unpaired) electrons. The lowest BCUT2D eigenvalue weighted by Crippen LogP contribution is -2.47. The molecule has 98 valence electrons. The second-order valence-electron chi connectivity index (χ2n) is 3.05. The Bertz CT molecular complexity index is 77.9. The van der Waals surface area contributed by atoms with Crippen molar-refractivity contribution in [3.05, 3.63) is 0 Å². The van der Waals surface area contributed by atoms with Crippen LogP contribution in [0.15, 0.2) is 0 Å². The first-order valence-corrected chi connectivity index (χ1v) is 5.23. The number of quaternary nitrogens is 1. The molecule has 0 rings (SSSR count). The highest BCUT2D eigenvalue weighted by Gasteiger charge is 2.16. The van der Waals surface area contributed by atoms with Gasteiger partial charge in [0, 0.05) is 0 Å². The zero-order chi connectivity index (χ0) is 10.7. The van der Waals surface area contributed by atoms with Gasteiger partial charge in [-0.2, -0.15) is 0 Å². The van der Waals surface area contributed by atoms with Gasteiger partial charge in [0.15, 0.2) is 0 Å². The number of aliphatic hydroxyl groups excluding tert-OH is 2. The molecule has 0 saturated carbocycles. The summed E-state index contributed by atoms with van der Waals surface area (Å²) in [4.78, 5) is 0. The van der Waals surface area contributed by atoms with Crippen LogP contribution in [0.5, 0.6) is 0 Å². The SMILES string of the molecule is CC[N+](CC)(CC)CC.O.OCCO.[OH-]. The van der Waals surface area contributed by atoms with Crippen molar-refractivity contribution in [3.63, 3.8) is 0 Å². The van der Waals surface area contributed by atoms with Crippen LogP contribution in [0.1, 0.15) is 27.7 Å². The van der Waals surface area contributed by atoms with Crippen LogP contribution in [0, 0.1) is 0 Å². The molecule has 0 fully saturated rings. The van der Waals surface area contributed by atoms with Crippen molar-refractivity contribution in [2.75, 3.05) is 39.4 Å². The Balaban J connectivity index is -0.0000000883. The number of hydrogen-bond donors (Lipinski definition) is 2. The Hall–Kier alpha value is -0.200. The molecule has 5 heteroatoms. The fourth-order valence-electron chi connectivity index (χ4n) is 1.34. The van der Waals surface area contributed by atoms with Crippen molar-refractivity contribution < 1.29 is 25.6 Å². The summed E-state index contributed by atoms with van der Waals surface area (Å²) >= 11 is 0. The van der Waals surface area contributed by atoms with Crippen molar-refractivity contribution in [2.24, 2.45) is 0 Å². The van der Waals surface area contributed by atoms with Gasteiger partial charge in [0.1, 0.15) is 0 Å². The van der Waals surface area contributed by atoms with Gasteiger partial charge < -0.3 is 25.6 Å². The van der Waals surface area contributed by atoms with Crippen LogP contribution in [0.25, 0.3) is 0 Å². The van der Waals surface area contributed by atoms with E-state index < -0.39 is 0 Å². The van der Waals surface area contributed by atoms with E-state index >= 15 is 0 Å². The highest BCUT2D eigenvalue weighted by Crippen LogP contribution is 2.03. The molecule has 0 bridgehead atoms. The molecule has 0 spiro atoms. The van der Waals surface area contributed by atoms with Crippen LogP contribution in [0.4, 0.5) is 0 Å². The van der Waals surface area contributed by atoms with Crippen molar-refractivity contribution in [1.82, 2.24) is 0 Å². The third-order valence-corrected chi connectivity index (χ3v) is 2.78. The fourth-order valence-corrected chi connectivity index (χ4v) is 1.34. The van der Waals surface area contributed by atoms with Crippen LogP contribution in [-0.4, -0.2) is 65.0 Å². The van der Waals surface area contributed by atoms with Gasteiger partial charge in [-0.05, 0) is 27.7 Å². The van der Waals surface area contributed by atoms with Gasteiger partial charge in [-0.1, -0.05) is 0 Å². The molecule has 15 heavy (non-hydrogen) atoms. The van der Waals surface area contributed by atoms with E-state index in [0.29, 0.717) is 0 Å². The zero-order valence-corrected chi connectivity index (χ0v) is 10.5. The monoisotopic (exact) mass is 227 g/mol. The highest BCUT2D eigenvalue weighted by molar-refractivity contribution is 4.31. The average Bonchev–Trinajstić information content (AvgIpc) is 2.23. The maximum Gasteiger partial charge on any atom is 0.0757 e. The standard InChI is InChI=1S/C8H20N.C2H6O2.2H2O/c1-5-9(6-2,7-3)8-4;3-1-2-4;;/h5-8H2,1-4H3;3-4H,1-2H2;2*1H2/q+1;;;/p-1. The minimum Gasteiger partial charge on any atom is -0.870 e. The van der Waals surface area contributed by atoms with E-state index in [1.165, 1.54) is 30.7 Å². The van der Waals surface area contributed by atoms with Crippen molar-refractivity contribution in [3.8, 4) is 0 Å². The molecule has 5 nitrogen and oxygen atoms in total. The summed E-state index contributed by atoms with van der Waals surface area (Å²) in [7, 11) is 0. The first-order chi connectivity index (χ1) is 6.16. The molecule has 5 N–H and O–H groups in total. The molecule has 0 aromatic rings. The molecular weight excluding hydrogens is 198 g/mol. The lowest BCUT2D eigenvalue weighted by atomic mass is 10.3. The van der Waals surface area contributed by atoms with E-state index in [-0.39, 0.29) is 24.2 Å². The quantitative estimate of drug-likeness (QED) is 0.638. The van der Waals surface area contributed by atoms with Gasteiger partial charge in [-0.3, -0.25) is 0 Å². The lowest BCUT2D eigenvalue weighted by molar-refractivity contribution is -0.921. The number of hydrogen-bond acceptors (Lipinski definition) is 3. The molecule has 0 aliphatic heterocycles. The van der Waals surface area contributed by atoms with Crippen molar-refractivity contribution >= 4 is 0 Å². The summed E-state index contributed by atoms with van der Waals surface area (Å²) in [6.45, 7) is 14.0. The molecule has 0 aliphatic carbocycles. The van der Waals surface area contributed by atoms with E-state index in [4.69, 9.17) is 10.2 Å². The Morgan fingerprint density at radius 1 is 0.733 bits per heavy atom. The molecule has 0 amide bonds. The topological polar surface area (TPSA) is 102 Å². The summed E-state index contributed by atoms with van der Waals surface area (Å²) in [6.07, 6.45) is 0. The second-order valence-corrected chi connectivity index (χ2v) is 3.05. The van der Waals surface area contributed by atoms with Crippen LogP contribution in [-0.2, 0) is 0 Å². The smallest absolute Gasteiger partial charge is 0.0757 e. The van der Waals surface area contributed by atoms with E-state index in [1.54, 1.807) is 0 Å². The highest BCUT2D eigenvalue weighted by atomic mass is 16.3. The summed E-state index contributed by atoms with van der Waals surface area (Å²) < 4.78 is 1.28. The van der Waals surface area contributed by atoms with Gasteiger partial charge in [-0.25, -0.2) is 0 Å². The fraction of sp³-hybridized carbons (Fsp3) is 1.00. The van der Waals surface area contributed by atoms with Gasteiger partial charge >= 0.3 is 0 Å². The summed E-state index contributed by atoms with van der Waals surface area (Å²) in [5.41, 5.74) is 0. The second kappa shape index (κ2) is 16.2. The molecule has 0 saturated heterocycles. The molecule has 0 atom stereocenters. The predicted octanol–water partition coefficient (Wildman–Crippen LogP) is -0.148. The van der Waals surface area contributed by atoms with Crippen molar-refractivity contribution in [1.29, 1.82) is 0 Å². The third-order valence-electron chi connectivity index (χ3n) is 2.78. The Morgan fingerprint density at radius 3 is 0.933 bits per heavy atom. The maximum atomic E-state index is 7.62. The van der Waals surface area contributed by atoms with Crippen LogP contribution in [0.2, 0.25) is 0 Å². The van der Waals surface area contributed by atoms with Crippen LogP contribution < -0.4 is 0 Å². The maximum absolute atomic E-state index is 7.62. The Morgan fingerprint density at radius 2 is 0.933 bits per heavy atom. The molecule has 0 heterocycles. The minimum absolute atomic E-state index is 0. The van der Waals surface area contributed by atoms with E-state index in [1.807, 2.05) is 0 Å². The number of nitrogens with zero attached hydrogens (tertiary/aromatic N) is 1. The number of rotatable bonds is 5. The van der Waals surface area contributed by atoms with Crippen molar-refractivity contribution in [2.45, 2.75) is 27.7 Å². The zero-order valence-electron chi connectivity index (χ0n) is 10.5. The van der Waals surface area contributed by atoms with Gasteiger partial charge in [0.05, 0.1) is 39.4 Å². The predicted molar refractivity (Wildman–Crippen MR) is 62.1 cm³/mol. The molecule has 0 aromatic carbocycles. The van der Waals surface area contributed by atoms with Crippen LogP contribution >= 0.6 is 0 Å². The van der Waals surface area contributed by atoms with E-state index in [0.717, 1.165) is 0 Å². The van der Waals surface area contributed by atoms with E-state index in [9.17, 15) is 0 Å². The Kier molecular flexibility index (Phi) is 26.2. The summed E-state index contributed by atoms with van der Waals surface area (Å²) in [5, 5.41) is 15.2. The van der Waals surface area contributed by atoms with Gasteiger partial charge in [0.25, 0.3) is 0 Å². The normalized spacial score (nSPS) is 9.20. The largest absolute Gasteiger partial charge is 0.870 e. The van der Waals surface area contributed by atoms with Gasteiger partial charge in [-0.15, -0.1) is 0 Å². The molecule has 0 aromatic heterocycles. The van der Waals surface area contributed by atoms with Crippen LogP contribution in [0.3, 0.4) is 0 Å². The summed E-state index contributed by atoms with van der Waals surface area (Å²) in [6, 6.07) is 0. The lowest BCUT2D eigenvalue weighted by Gasteiger charge is -2.34.